The Kier molecular flexibility index (Phi) is 3.77. The van der Waals surface area contributed by atoms with Crippen LogP contribution in [0.4, 0.5) is 0 Å². The lowest BCUT2D eigenvalue weighted by molar-refractivity contribution is -0.134. The first-order valence-electron chi connectivity index (χ1n) is 6.95. The number of hydrogen-bond acceptors (Lipinski definition) is 3. The molecule has 0 fully saturated rings. The van der Waals surface area contributed by atoms with Gasteiger partial charge in [-0.1, -0.05) is 30.3 Å². The first-order valence-corrected chi connectivity index (χ1v) is 6.95. The molecule has 3 rings (SSSR count). The molecule has 102 valence electrons. The van der Waals surface area contributed by atoms with E-state index in [-0.39, 0.29) is 6.10 Å². The Balaban J connectivity index is 1.80. The van der Waals surface area contributed by atoms with Gasteiger partial charge in [0.05, 0.1) is 0 Å². The van der Waals surface area contributed by atoms with Crippen LogP contribution in [0.1, 0.15) is 41.6 Å². The molecule has 0 bridgehead atoms. The lowest BCUT2D eigenvalue weighted by Gasteiger charge is -2.20. The molecule has 1 aromatic heterocycles. The highest BCUT2D eigenvalue weighted by Crippen LogP contribution is 2.39. The number of benzene rings is 1. The van der Waals surface area contributed by atoms with Gasteiger partial charge in [0.2, 0.25) is 0 Å². The fourth-order valence-electron chi connectivity index (χ4n) is 3.05. The van der Waals surface area contributed by atoms with Crippen LogP contribution in [0.2, 0.25) is 0 Å². The van der Waals surface area contributed by atoms with Crippen molar-refractivity contribution in [2.24, 2.45) is 0 Å². The standard InChI is InChI=1S/C17H17NO2/c19-12-20-17(15-5-3-9-18-11-15)10-14-8-7-13-4-1-2-6-16(13)14/h1-6,9,11-12,14,17H,7-8,10H2. The maximum absolute atomic E-state index is 10.8. The third-order valence-electron chi connectivity index (χ3n) is 4.03. The van der Waals surface area contributed by atoms with Crippen molar-refractivity contribution in [1.82, 2.24) is 4.98 Å². The number of hydrogen-bond donors (Lipinski definition) is 0. The highest BCUT2D eigenvalue weighted by molar-refractivity contribution is 5.39. The zero-order valence-corrected chi connectivity index (χ0v) is 11.2. The highest BCUT2D eigenvalue weighted by atomic mass is 16.5. The van der Waals surface area contributed by atoms with Crippen LogP contribution in [-0.4, -0.2) is 11.5 Å². The van der Waals surface area contributed by atoms with Gasteiger partial charge >= 0.3 is 0 Å². The summed E-state index contributed by atoms with van der Waals surface area (Å²) in [6.45, 7) is 0.540. The third-order valence-corrected chi connectivity index (χ3v) is 4.03. The summed E-state index contributed by atoms with van der Waals surface area (Å²) in [5, 5.41) is 0. The van der Waals surface area contributed by atoms with Gasteiger partial charge in [-0.2, -0.15) is 0 Å². The number of ether oxygens (including phenoxy) is 1. The largest absolute Gasteiger partial charge is 0.460 e. The summed E-state index contributed by atoms with van der Waals surface area (Å²) in [6.07, 6.45) is 6.35. The summed E-state index contributed by atoms with van der Waals surface area (Å²) >= 11 is 0. The van der Waals surface area contributed by atoms with E-state index in [0.717, 1.165) is 24.8 Å². The van der Waals surface area contributed by atoms with E-state index in [1.807, 2.05) is 12.1 Å². The van der Waals surface area contributed by atoms with Crippen molar-refractivity contribution in [2.75, 3.05) is 0 Å². The lowest BCUT2D eigenvalue weighted by atomic mass is 9.92. The van der Waals surface area contributed by atoms with E-state index in [0.29, 0.717) is 12.4 Å². The van der Waals surface area contributed by atoms with Gasteiger partial charge in [0, 0.05) is 18.0 Å². The van der Waals surface area contributed by atoms with Gasteiger partial charge in [-0.25, -0.2) is 0 Å². The predicted molar refractivity (Wildman–Crippen MR) is 76.2 cm³/mol. The van der Waals surface area contributed by atoms with E-state index in [1.54, 1.807) is 12.4 Å². The van der Waals surface area contributed by atoms with Crippen LogP contribution in [-0.2, 0) is 16.0 Å². The molecule has 0 aliphatic heterocycles. The van der Waals surface area contributed by atoms with E-state index in [1.165, 1.54) is 11.1 Å². The van der Waals surface area contributed by atoms with Crippen LogP contribution in [0.3, 0.4) is 0 Å². The van der Waals surface area contributed by atoms with Gasteiger partial charge in [-0.05, 0) is 42.4 Å². The zero-order chi connectivity index (χ0) is 13.8. The van der Waals surface area contributed by atoms with Crippen molar-refractivity contribution in [1.29, 1.82) is 0 Å². The summed E-state index contributed by atoms with van der Waals surface area (Å²) in [5.41, 5.74) is 3.79. The first-order chi connectivity index (χ1) is 9.88. The third kappa shape index (κ3) is 2.57. The van der Waals surface area contributed by atoms with Crippen molar-refractivity contribution in [2.45, 2.75) is 31.3 Å². The van der Waals surface area contributed by atoms with Gasteiger partial charge < -0.3 is 4.74 Å². The molecule has 1 aromatic carbocycles. The van der Waals surface area contributed by atoms with Crippen LogP contribution in [0, 0.1) is 0 Å². The molecule has 2 unspecified atom stereocenters. The minimum absolute atomic E-state index is 0.211. The maximum atomic E-state index is 10.8. The van der Waals surface area contributed by atoms with Crippen LogP contribution < -0.4 is 0 Å². The predicted octanol–water partition coefficient (Wildman–Crippen LogP) is 3.42. The van der Waals surface area contributed by atoms with E-state index in [2.05, 4.69) is 29.2 Å². The zero-order valence-electron chi connectivity index (χ0n) is 11.2. The lowest BCUT2D eigenvalue weighted by Crippen LogP contribution is -2.08. The second-order valence-corrected chi connectivity index (χ2v) is 5.18. The summed E-state index contributed by atoms with van der Waals surface area (Å²) in [6, 6.07) is 12.4. The molecule has 1 aliphatic rings. The molecule has 0 amide bonds. The van der Waals surface area contributed by atoms with Crippen LogP contribution in [0.15, 0.2) is 48.8 Å². The molecule has 20 heavy (non-hydrogen) atoms. The number of carbonyl (C=O) groups is 1. The van der Waals surface area contributed by atoms with Gasteiger partial charge in [-0.15, -0.1) is 0 Å². The number of carbonyl (C=O) groups excluding carboxylic acids is 1. The molecule has 2 aromatic rings. The van der Waals surface area contributed by atoms with E-state index >= 15 is 0 Å². The second-order valence-electron chi connectivity index (χ2n) is 5.18. The quantitative estimate of drug-likeness (QED) is 0.779. The minimum atomic E-state index is -0.211. The highest BCUT2D eigenvalue weighted by Gasteiger charge is 2.26. The fraction of sp³-hybridized carbons (Fsp3) is 0.294. The molecule has 0 spiro atoms. The van der Waals surface area contributed by atoms with Crippen molar-refractivity contribution < 1.29 is 9.53 Å². The molecule has 3 nitrogen and oxygen atoms in total. The van der Waals surface area contributed by atoms with Crippen molar-refractivity contribution in [3.8, 4) is 0 Å². The van der Waals surface area contributed by atoms with Crippen molar-refractivity contribution in [3.63, 3.8) is 0 Å². The Bertz CT molecular complexity index is 583. The molecule has 0 N–H and O–H groups in total. The summed E-state index contributed by atoms with van der Waals surface area (Å²) in [5.74, 6) is 0.455. The van der Waals surface area contributed by atoms with E-state index < -0.39 is 0 Å². The van der Waals surface area contributed by atoms with Gasteiger partial charge in [0.25, 0.3) is 6.47 Å². The average molecular weight is 267 g/mol. The van der Waals surface area contributed by atoms with Crippen molar-refractivity contribution >= 4 is 6.47 Å². The van der Waals surface area contributed by atoms with Gasteiger partial charge in [-0.3, -0.25) is 9.78 Å². The molecular formula is C17H17NO2. The van der Waals surface area contributed by atoms with Gasteiger partial charge in [0.15, 0.2) is 0 Å². The maximum Gasteiger partial charge on any atom is 0.293 e. The molecule has 1 heterocycles. The Morgan fingerprint density at radius 2 is 2.20 bits per heavy atom. The molecular weight excluding hydrogens is 250 g/mol. The molecule has 1 aliphatic carbocycles. The molecule has 3 heteroatoms. The molecule has 0 radical (unpaired) electrons. The van der Waals surface area contributed by atoms with E-state index in [9.17, 15) is 4.79 Å². The molecule has 0 saturated heterocycles. The number of aryl methyl sites for hydroxylation is 1. The fourth-order valence-corrected chi connectivity index (χ4v) is 3.05. The average Bonchev–Trinajstić information content (AvgIpc) is 2.91. The minimum Gasteiger partial charge on any atom is -0.460 e. The number of fused-ring (bicyclic) bond motifs is 1. The Labute approximate surface area is 118 Å². The molecule has 0 saturated carbocycles. The van der Waals surface area contributed by atoms with Crippen LogP contribution >= 0.6 is 0 Å². The summed E-state index contributed by atoms with van der Waals surface area (Å²) < 4.78 is 5.28. The number of aromatic nitrogens is 1. The second kappa shape index (κ2) is 5.87. The SMILES string of the molecule is O=COC(CC1CCc2ccccc21)c1cccnc1. The van der Waals surface area contributed by atoms with Gasteiger partial charge in [0.1, 0.15) is 6.10 Å². The smallest absolute Gasteiger partial charge is 0.293 e. The summed E-state index contributed by atoms with van der Waals surface area (Å²) in [4.78, 5) is 14.9. The Hall–Kier alpha value is -2.16. The summed E-state index contributed by atoms with van der Waals surface area (Å²) in [7, 11) is 0. The van der Waals surface area contributed by atoms with E-state index in [4.69, 9.17) is 4.74 Å². The number of rotatable bonds is 5. The molecule has 2 atom stereocenters. The van der Waals surface area contributed by atoms with Crippen LogP contribution in [0.5, 0.6) is 0 Å². The topological polar surface area (TPSA) is 39.2 Å². The monoisotopic (exact) mass is 267 g/mol. The number of pyridine rings is 1. The Morgan fingerprint density at radius 3 is 3.00 bits per heavy atom. The normalized spacial score (nSPS) is 18.3. The van der Waals surface area contributed by atoms with Crippen LogP contribution in [0.25, 0.3) is 0 Å². The number of nitrogens with zero attached hydrogens (tertiary/aromatic N) is 1. The first kappa shape index (κ1) is 12.9. The Morgan fingerprint density at radius 1 is 1.30 bits per heavy atom. The van der Waals surface area contributed by atoms with Crippen molar-refractivity contribution in [3.05, 3.63) is 65.5 Å².